The standard InChI is InChI=1S/C30H37BrN4O5/c1-30(2,28(37)32-13-15-33(16-14-32)29(38)39)40-26-7-3-6-25(18-26)34-11-4-5-23(20-34)27(36)35-12-10-21-17-24(31)9-8-22(21)19-35/h3,6-9,17-18,23H,4-5,10-16,19-20H2,1-2H3,(H,38,39). The second kappa shape index (κ2) is 11.7. The van der Waals surface area contributed by atoms with Crippen LogP contribution in [0.15, 0.2) is 46.9 Å². The van der Waals surface area contributed by atoms with Crippen molar-refractivity contribution in [3.8, 4) is 5.75 Å². The number of halogens is 1. The number of rotatable bonds is 5. The van der Waals surface area contributed by atoms with Gasteiger partial charge in [-0.3, -0.25) is 9.59 Å². The molecule has 0 spiro atoms. The first-order valence-corrected chi connectivity index (χ1v) is 14.8. The molecule has 0 radical (unpaired) electrons. The fraction of sp³-hybridized carbons (Fsp3) is 0.500. The Hall–Kier alpha value is -3.27. The molecule has 2 aromatic rings. The van der Waals surface area contributed by atoms with Crippen molar-refractivity contribution in [1.29, 1.82) is 0 Å². The number of carboxylic acid groups (broad SMARTS) is 1. The number of carbonyl (C=O) groups excluding carboxylic acids is 2. The number of anilines is 1. The molecule has 9 nitrogen and oxygen atoms in total. The van der Waals surface area contributed by atoms with Crippen LogP contribution in [-0.4, -0.2) is 89.1 Å². The quantitative estimate of drug-likeness (QED) is 0.543. The van der Waals surface area contributed by atoms with E-state index in [-0.39, 0.29) is 17.7 Å². The molecule has 3 amide bonds. The van der Waals surface area contributed by atoms with Crippen LogP contribution in [0, 0.1) is 5.92 Å². The maximum atomic E-state index is 13.5. The van der Waals surface area contributed by atoms with E-state index in [1.807, 2.05) is 35.2 Å². The minimum absolute atomic E-state index is 0.0576. The van der Waals surface area contributed by atoms with Gasteiger partial charge < -0.3 is 29.4 Å². The van der Waals surface area contributed by atoms with Gasteiger partial charge in [0.2, 0.25) is 5.91 Å². The molecule has 1 N–H and O–H groups in total. The summed E-state index contributed by atoms with van der Waals surface area (Å²) in [5, 5.41) is 9.18. The number of hydrogen-bond acceptors (Lipinski definition) is 5. The summed E-state index contributed by atoms with van der Waals surface area (Å²) in [5.41, 5.74) is 2.40. The Bertz CT molecular complexity index is 1280. The van der Waals surface area contributed by atoms with Crippen LogP contribution in [0.4, 0.5) is 10.5 Å². The predicted octanol–water partition coefficient (Wildman–Crippen LogP) is 4.23. The van der Waals surface area contributed by atoms with E-state index in [2.05, 4.69) is 33.0 Å². The minimum Gasteiger partial charge on any atom is -0.478 e. The third-order valence-electron chi connectivity index (χ3n) is 8.17. The number of amides is 3. The molecule has 1 atom stereocenters. The molecule has 3 aliphatic rings. The molecule has 2 aromatic carbocycles. The minimum atomic E-state index is -1.11. The van der Waals surface area contributed by atoms with Crippen molar-refractivity contribution in [3.63, 3.8) is 0 Å². The van der Waals surface area contributed by atoms with E-state index in [1.165, 1.54) is 16.0 Å². The maximum absolute atomic E-state index is 13.5. The third kappa shape index (κ3) is 6.22. The molecule has 3 heterocycles. The molecule has 2 fully saturated rings. The van der Waals surface area contributed by atoms with E-state index in [9.17, 15) is 19.5 Å². The summed E-state index contributed by atoms with van der Waals surface area (Å²) < 4.78 is 7.28. The molecule has 0 aromatic heterocycles. The van der Waals surface area contributed by atoms with Crippen LogP contribution in [0.2, 0.25) is 0 Å². The summed E-state index contributed by atoms with van der Waals surface area (Å²) in [6, 6.07) is 14.0. The van der Waals surface area contributed by atoms with Crippen LogP contribution < -0.4 is 9.64 Å². The van der Waals surface area contributed by atoms with Crippen molar-refractivity contribution < 1.29 is 24.2 Å². The molecular weight excluding hydrogens is 576 g/mol. The molecule has 214 valence electrons. The average molecular weight is 614 g/mol. The number of carbonyl (C=O) groups is 3. The summed E-state index contributed by atoms with van der Waals surface area (Å²) in [6.45, 7) is 7.71. The third-order valence-corrected chi connectivity index (χ3v) is 8.66. The number of benzene rings is 2. The van der Waals surface area contributed by atoms with E-state index in [4.69, 9.17) is 4.74 Å². The van der Waals surface area contributed by atoms with Crippen LogP contribution in [0.1, 0.15) is 37.8 Å². The van der Waals surface area contributed by atoms with Crippen molar-refractivity contribution in [3.05, 3.63) is 58.1 Å². The topological polar surface area (TPSA) is 93.6 Å². The Balaban J connectivity index is 1.21. The van der Waals surface area contributed by atoms with Crippen LogP contribution in [-0.2, 0) is 22.6 Å². The van der Waals surface area contributed by atoms with Gasteiger partial charge in [0.1, 0.15) is 5.75 Å². The van der Waals surface area contributed by atoms with Gasteiger partial charge in [0.05, 0.1) is 5.92 Å². The number of fused-ring (bicyclic) bond motifs is 1. The summed E-state index contributed by atoms with van der Waals surface area (Å²) in [6.07, 6.45) is 1.73. The van der Waals surface area contributed by atoms with Crippen LogP contribution >= 0.6 is 15.9 Å². The van der Waals surface area contributed by atoms with Gasteiger partial charge >= 0.3 is 6.09 Å². The first kappa shape index (κ1) is 28.3. The fourth-order valence-electron chi connectivity index (χ4n) is 5.94. The normalized spacial score (nSPS) is 19.7. The SMILES string of the molecule is CC(C)(Oc1cccc(N2CCCC(C(=O)N3CCc4cc(Br)ccc4C3)C2)c1)C(=O)N1CCN(C(=O)O)CC1. The second-order valence-corrected chi connectivity index (χ2v) is 12.3. The van der Waals surface area contributed by atoms with Gasteiger partial charge in [0, 0.05) is 68.6 Å². The monoisotopic (exact) mass is 612 g/mol. The lowest BCUT2D eigenvalue weighted by Gasteiger charge is -2.38. The highest BCUT2D eigenvalue weighted by atomic mass is 79.9. The fourth-order valence-corrected chi connectivity index (χ4v) is 6.35. The highest BCUT2D eigenvalue weighted by Gasteiger charge is 2.37. The molecule has 5 rings (SSSR count). The summed E-state index contributed by atoms with van der Waals surface area (Å²) in [5.74, 6) is 0.590. The highest BCUT2D eigenvalue weighted by molar-refractivity contribution is 9.10. The molecule has 0 aliphatic carbocycles. The smallest absolute Gasteiger partial charge is 0.407 e. The van der Waals surface area contributed by atoms with Crippen LogP contribution in [0.25, 0.3) is 0 Å². The van der Waals surface area contributed by atoms with Crippen molar-refractivity contribution in [2.24, 2.45) is 5.92 Å². The Morgan fingerprint density at radius 1 is 0.925 bits per heavy atom. The number of piperazine rings is 1. The lowest BCUT2D eigenvalue weighted by molar-refractivity contribution is -0.147. The molecule has 3 aliphatic heterocycles. The van der Waals surface area contributed by atoms with E-state index in [0.29, 0.717) is 45.0 Å². The van der Waals surface area contributed by atoms with Gasteiger partial charge in [-0.1, -0.05) is 28.1 Å². The maximum Gasteiger partial charge on any atom is 0.407 e. The highest BCUT2D eigenvalue weighted by Crippen LogP contribution is 2.31. The van der Waals surface area contributed by atoms with Crippen molar-refractivity contribution in [2.75, 3.05) is 50.7 Å². The number of piperidine rings is 1. The zero-order valence-corrected chi connectivity index (χ0v) is 24.7. The lowest BCUT2D eigenvalue weighted by atomic mass is 9.93. The van der Waals surface area contributed by atoms with Gasteiger partial charge in [-0.15, -0.1) is 0 Å². The van der Waals surface area contributed by atoms with Crippen molar-refractivity contribution in [2.45, 2.75) is 45.3 Å². The molecular formula is C30H37BrN4O5. The van der Waals surface area contributed by atoms with E-state index in [0.717, 1.165) is 42.5 Å². The summed E-state index contributed by atoms with van der Waals surface area (Å²) >= 11 is 3.55. The van der Waals surface area contributed by atoms with Crippen LogP contribution in [0.3, 0.4) is 0 Å². The number of nitrogens with zero attached hydrogens (tertiary/aromatic N) is 4. The lowest BCUT2D eigenvalue weighted by Crippen LogP contribution is -2.56. The first-order valence-electron chi connectivity index (χ1n) is 14.0. The van der Waals surface area contributed by atoms with Gasteiger partial charge in [0.25, 0.3) is 5.91 Å². The number of ether oxygens (including phenoxy) is 1. The molecule has 0 bridgehead atoms. The Morgan fingerprint density at radius 3 is 2.42 bits per heavy atom. The van der Waals surface area contributed by atoms with Crippen molar-refractivity contribution >= 4 is 39.5 Å². The van der Waals surface area contributed by atoms with E-state index >= 15 is 0 Å². The molecule has 1 unspecified atom stereocenters. The zero-order chi connectivity index (χ0) is 28.4. The molecule has 2 saturated heterocycles. The molecule has 10 heteroatoms. The second-order valence-electron chi connectivity index (χ2n) is 11.4. The van der Waals surface area contributed by atoms with Gasteiger partial charge in [-0.2, -0.15) is 0 Å². The molecule has 40 heavy (non-hydrogen) atoms. The van der Waals surface area contributed by atoms with Gasteiger partial charge in [0.15, 0.2) is 5.60 Å². The zero-order valence-electron chi connectivity index (χ0n) is 23.1. The Labute approximate surface area is 243 Å². The average Bonchev–Trinajstić information content (AvgIpc) is 2.96. The molecule has 0 saturated carbocycles. The first-order chi connectivity index (χ1) is 19.1. The Morgan fingerprint density at radius 2 is 1.68 bits per heavy atom. The summed E-state index contributed by atoms with van der Waals surface area (Å²) in [7, 11) is 0. The van der Waals surface area contributed by atoms with Crippen molar-refractivity contribution in [1.82, 2.24) is 14.7 Å². The number of hydrogen-bond donors (Lipinski definition) is 1. The van der Waals surface area contributed by atoms with Gasteiger partial charge in [-0.25, -0.2) is 4.79 Å². The summed E-state index contributed by atoms with van der Waals surface area (Å²) in [4.78, 5) is 45.2. The Kier molecular flexibility index (Phi) is 8.26. The predicted molar refractivity (Wildman–Crippen MR) is 156 cm³/mol. The van der Waals surface area contributed by atoms with Crippen LogP contribution in [0.5, 0.6) is 5.75 Å². The largest absolute Gasteiger partial charge is 0.478 e. The van der Waals surface area contributed by atoms with E-state index in [1.54, 1.807) is 18.7 Å². The van der Waals surface area contributed by atoms with Gasteiger partial charge in [-0.05, 0) is 68.5 Å². The van der Waals surface area contributed by atoms with E-state index < -0.39 is 11.7 Å².